The van der Waals surface area contributed by atoms with Crippen molar-refractivity contribution in [2.45, 2.75) is 12.8 Å². The summed E-state index contributed by atoms with van der Waals surface area (Å²) < 4.78 is 6.10. The van der Waals surface area contributed by atoms with Gasteiger partial charge in [-0.1, -0.05) is 15.9 Å². The standard InChI is InChI=1S/C13H13BrN2O2/c14-11-3-4-12(10(6-11)7-15)16-13(17)9-2-1-5-18-8-9/h3-4,6,9H,1-2,5,8H2,(H,16,17). The van der Waals surface area contributed by atoms with Crippen molar-refractivity contribution in [1.82, 2.24) is 0 Å². The van der Waals surface area contributed by atoms with E-state index in [0.29, 0.717) is 17.9 Å². The summed E-state index contributed by atoms with van der Waals surface area (Å²) in [6.45, 7) is 1.19. The number of anilines is 1. The summed E-state index contributed by atoms with van der Waals surface area (Å²) in [5, 5.41) is 11.8. The molecular weight excluding hydrogens is 296 g/mol. The van der Waals surface area contributed by atoms with Gasteiger partial charge in [-0.15, -0.1) is 0 Å². The van der Waals surface area contributed by atoms with Gasteiger partial charge in [0, 0.05) is 11.1 Å². The molecule has 5 heteroatoms. The molecule has 1 fully saturated rings. The van der Waals surface area contributed by atoms with Crippen molar-refractivity contribution in [3.8, 4) is 6.07 Å². The first-order valence-corrected chi connectivity index (χ1v) is 6.58. The number of nitrogens with one attached hydrogen (secondary N) is 1. The van der Waals surface area contributed by atoms with Crippen LogP contribution in [0.4, 0.5) is 5.69 Å². The number of carbonyl (C=O) groups is 1. The molecule has 94 valence electrons. The van der Waals surface area contributed by atoms with Crippen molar-refractivity contribution >= 4 is 27.5 Å². The molecule has 4 nitrogen and oxygen atoms in total. The van der Waals surface area contributed by atoms with E-state index in [1.54, 1.807) is 18.2 Å². The third-order valence-electron chi connectivity index (χ3n) is 2.89. The lowest BCUT2D eigenvalue weighted by atomic mass is 10.0. The predicted molar refractivity (Wildman–Crippen MR) is 71.0 cm³/mol. The molecule has 18 heavy (non-hydrogen) atoms. The fourth-order valence-corrected chi connectivity index (χ4v) is 2.26. The molecule has 1 amide bonds. The van der Waals surface area contributed by atoms with Crippen LogP contribution in [0.15, 0.2) is 22.7 Å². The summed E-state index contributed by atoms with van der Waals surface area (Å²) in [7, 11) is 0. The van der Waals surface area contributed by atoms with E-state index in [2.05, 4.69) is 27.3 Å². The van der Waals surface area contributed by atoms with Crippen LogP contribution >= 0.6 is 15.9 Å². The molecule has 0 saturated carbocycles. The van der Waals surface area contributed by atoms with Crippen LogP contribution in [-0.4, -0.2) is 19.1 Å². The molecule has 0 radical (unpaired) electrons. The summed E-state index contributed by atoms with van der Waals surface area (Å²) in [5.74, 6) is -0.192. The molecule has 0 aliphatic carbocycles. The number of amides is 1. The number of benzene rings is 1. The number of ether oxygens (including phenoxy) is 1. The van der Waals surface area contributed by atoms with Gasteiger partial charge in [-0.2, -0.15) is 5.26 Å². The second-order valence-corrected chi connectivity index (χ2v) is 5.12. The molecule has 1 heterocycles. The number of hydrogen-bond acceptors (Lipinski definition) is 3. The van der Waals surface area contributed by atoms with Crippen LogP contribution in [-0.2, 0) is 9.53 Å². The normalized spacial score (nSPS) is 19.0. The molecule has 0 aromatic heterocycles. The Kier molecular flexibility index (Phi) is 4.34. The summed E-state index contributed by atoms with van der Waals surface area (Å²) >= 11 is 3.30. The van der Waals surface area contributed by atoms with Gasteiger partial charge in [-0.3, -0.25) is 4.79 Å². The van der Waals surface area contributed by atoms with Crippen LogP contribution in [0.25, 0.3) is 0 Å². The van der Waals surface area contributed by atoms with E-state index in [1.807, 2.05) is 0 Å². The van der Waals surface area contributed by atoms with E-state index < -0.39 is 0 Å². The van der Waals surface area contributed by atoms with Gasteiger partial charge in [0.15, 0.2) is 0 Å². The average molecular weight is 309 g/mol. The van der Waals surface area contributed by atoms with Crippen molar-refractivity contribution in [2.24, 2.45) is 5.92 Å². The van der Waals surface area contributed by atoms with Gasteiger partial charge < -0.3 is 10.1 Å². The molecule has 1 aromatic carbocycles. The maximum atomic E-state index is 12.0. The van der Waals surface area contributed by atoms with Gasteiger partial charge in [0.1, 0.15) is 6.07 Å². The third-order valence-corrected chi connectivity index (χ3v) is 3.38. The number of nitrogens with zero attached hydrogens (tertiary/aromatic N) is 1. The van der Waals surface area contributed by atoms with Crippen LogP contribution in [0.2, 0.25) is 0 Å². The highest BCUT2D eigenvalue weighted by Gasteiger charge is 2.22. The maximum Gasteiger partial charge on any atom is 0.229 e. The topological polar surface area (TPSA) is 62.1 Å². The Morgan fingerprint density at radius 2 is 2.39 bits per heavy atom. The smallest absolute Gasteiger partial charge is 0.229 e. The zero-order chi connectivity index (χ0) is 13.0. The molecule has 1 unspecified atom stereocenters. The summed E-state index contributed by atoms with van der Waals surface area (Å²) in [4.78, 5) is 12.0. The number of nitriles is 1. The molecule has 1 aromatic rings. The molecular formula is C13H13BrN2O2. The van der Waals surface area contributed by atoms with E-state index in [4.69, 9.17) is 10.00 Å². The minimum atomic E-state index is -0.117. The van der Waals surface area contributed by atoms with E-state index in [0.717, 1.165) is 23.9 Å². The van der Waals surface area contributed by atoms with E-state index in [-0.39, 0.29) is 11.8 Å². The van der Waals surface area contributed by atoms with Gasteiger partial charge in [-0.25, -0.2) is 0 Å². The zero-order valence-electron chi connectivity index (χ0n) is 9.78. The van der Waals surface area contributed by atoms with E-state index >= 15 is 0 Å². The lowest BCUT2D eigenvalue weighted by Crippen LogP contribution is -2.30. The highest BCUT2D eigenvalue weighted by molar-refractivity contribution is 9.10. The van der Waals surface area contributed by atoms with Crippen LogP contribution in [0.5, 0.6) is 0 Å². The number of halogens is 1. The predicted octanol–water partition coefficient (Wildman–Crippen LogP) is 2.69. The average Bonchev–Trinajstić information content (AvgIpc) is 2.41. The lowest BCUT2D eigenvalue weighted by Gasteiger charge is -2.21. The second-order valence-electron chi connectivity index (χ2n) is 4.21. The highest BCUT2D eigenvalue weighted by atomic mass is 79.9. The monoisotopic (exact) mass is 308 g/mol. The quantitative estimate of drug-likeness (QED) is 0.913. The van der Waals surface area contributed by atoms with Crippen LogP contribution in [0.3, 0.4) is 0 Å². The molecule has 2 rings (SSSR count). The molecule has 0 spiro atoms. The second kappa shape index (κ2) is 5.98. The van der Waals surface area contributed by atoms with Crippen molar-refractivity contribution in [3.63, 3.8) is 0 Å². The summed E-state index contributed by atoms with van der Waals surface area (Å²) in [5.41, 5.74) is 1.01. The highest BCUT2D eigenvalue weighted by Crippen LogP contribution is 2.22. The fraction of sp³-hybridized carbons (Fsp3) is 0.385. The lowest BCUT2D eigenvalue weighted by molar-refractivity contribution is -0.123. The van der Waals surface area contributed by atoms with E-state index in [9.17, 15) is 4.79 Å². The van der Waals surface area contributed by atoms with Crippen LogP contribution < -0.4 is 5.32 Å². The zero-order valence-corrected chi connectivity index (χ0v) is 11.4. The Morgan fingerprint density at radius 3 is 3.06 bits per heavy atom. The summed E-state index contributed by atoms with van der Waals surface area (Å²) in [6.07, 6.45) is 1.74. The van der Waals surface area contributed by atoms with Gasteiger partial charge >= 0.3 is 0 Å². The Bertz CT molecular complexity index is 490. The van der Waals surface area contributed by atoms with Gasteiger partial charge in [-0.05, 0) is 31.0 Å². The van der Waals surface area contributed by atoms with Gasteiger partial charge in [0.25, 0.3) is 0 Å². The first-order valence-electron chi connectivity index (χ1n) is 5.79. The first-order chi connectivity index (χ1) is 8.70. The minimum absolute atomic E-state index is 0.0754. The number of hydrogen-bond donors (Lipinski definition) is 1. The minimum Gasteiger partial charge on any atom is -0.381 e. The maximum absolute atomic E-state index is 12.0. The van der Waals surface area contributed by atoms with Crippen molar-refractivity contribution in [3.05, 3.63) is 28.2 Å². The SMILES string of the molecule is N#Cc1cc(Br)ccc1NC(=O)C1CCCOC1. The van der Waals surface area contributed by atoms with E-state index in [1.165, 1.54) is 0 Å². The number of rotatable bonds is 2. The molecule has 1 saturated heterocycles. The van der Waals surface area contributed by atoms with Gasteiger partial charge in [0.2, 0.25) is 5.91 Å². The number of carbonyl (C=O) groups excluding carboxylic acids is 1. The Hall–Kier alpha value is -1.38. The van der Waals surface area contributed by atoms with Crippen molar-refractivity contribution < 1.29 is 9.53 Å². The molecule has 1 N–H and O–H groups in total. The molecule has 1 atom stereocenters. The molecule has 1 aliphatic rings. The van der Waals surface area contributed by atoms with Crippen molar-refractivity contribution in [1.29, 1.82) is 5.26 Å². The Labute approximate surface area is 114 Å². The first kappa shape index (κ1) is 13.1. The van der Waals surface area contributed by atoms with Crippen LogP contribution in [0, 0.1) is 17.2 Å². The summed E-state index contributed by atoms with van der Waals surface area (Å²) in [6, 6.07) is 7.28. The Balaban J connectivity index is 2.09. The van der Waals surface area contributed by atoms with Crippen LogP contribution in [0.1, 0.15) is 18.4 Å². The largest absolute Gasteiger partial charge is 0.381 e. The fourth-order valence-electron chi connectivity index (χ4n) is 1.90. The Morgan fingerprint density at radius 1 is 1.56 bits per heavy atom. The third kappa shape index (κ3) is 3.09. The molecule has 0 bridgehead atoms. The van der Waals surface area contributed by atoms with Gasteiger partial charge in [0.05, 0.1) is 23.8 Å². The molecule has 1 aliphatic heterocycles. The van der Waals surface area contributed by atoms with Crippen molar-refractivity contribution in [2.75, 3.05) is 18.5 Å².